The summed E-state index contributed by atoms with van der Waals surface area (Å²) in [6.45, 7) is 2.57. The van der Waals surface area contributed by atoms with Gasteiger partial charge in [0.2, 0.25) is 5.91 Å². The molecule has 1 atom stereocenters. The van der Waals surface area contributed by atoms with Crippen LogP contribution in [0.5, 0.6) is 0 Å². The molecule has 0 aromatic rings. The minimum Gasteiger partial charge on any atom is -0.340 e. The average molecular weight is 260 g/mol. The van der Waals surface area contributed by atoms with Crippen molar-refractivity contribution in [1.29, 1.82) is 0 Å². The number of sulfone groups is 1. The second-order valence-corrected chi connectivity index (χ2v) is 7.66. The molecule has 0 aromatic heterocycles. The fourth-order valence-corrected chi connectivity index (χ4v) is 3.61. The summed E-state index contributed by atoms with van der Waals surface area (Å²) in [6, 6.07) is 0. The van der Waals surface area contributed by atoms with Crippen molar-refractivity contribution in [1.82, 2.24) is 4.90 Å². The van der Waals surface area contributed by atoms with E-state index in [1.807, 2.05) is 0 Å². The van der Waals surface area contributed by atoms with Crippen molar-refractivity contribution in [3.05, 3.63) is 0 Å². The van der Waals surface area contributed by atoms with Crippen molar-refractivity contribution in [3.63, 3.8) is 0 Å². The van der Waals surface area contributed by atoms with Gasteiger partial charge in [-0.3, -0.25) is 4.79 Å². The van der Waals surface area contributed by atoms with Crippen molar-refractivity contribution in [2.24, 2.45) is 11.7 Å². The highest BCUT2D eigenvalue weighted by Gasteiger charge is 2.46. The summed E-state index contributed by atoms with van der Waals surface area (Å²) in [4.78, 5) is 13.9. The zero-order valence-corrected chi connectivity index (χ0v) is 11.0. The number of carbonyl (C=O) groups is 1. The Labute approximate surface area is 102 Å². The number of nitrogens with two attached hydrogens (primary N) is 1. The summed E-state index contributed by atoms with van der Waals surface area (Å²) in [5, 5.41) is 0. The molecule has 1 amide bonds. The maximum atomic E-state index is 12.3. The van der Waals surface area contributed by atoms with Crippen molar-refractivity contribution < 1.29 is 13.2 Å². The lowest BCUT2D eigenvalue weighted by atomic mass is 9.95. The van der Waals surface area contributed by atoms with E-state index in [0.717, 1.165) is 12.8 Å². The van der Waals surface area contributed by atoms with Gasteiger partial charge in [-0.2, -0.15) is 0 Å². The molecule has 98 valence electrons. The average Bonchev–Trinajstić information content (AvgIpc) is 3.03. The highest BCUT2D eigenvalue weighted by molar-refractivity contribution is 7.91. The topological polar surface area (TPSA) is 80.5 Å². The lowest BCUT2D eigenvalue weighted by molar-refractivity contribution is -0.136. The molecule has 6 heteroatoms. The van der Waals surface area contributed by atoms with E-state index in [0.29, 0.717) is 19.5 Å². The fourth-order valence-electron chi connectivity index (χ4n) is 2.34. The van der Waals surface area contributed by atoms with Crippen LogP contribution in [0.2, 0.25) is 0 Å². The maximum absolute atomic E-state index is 12.3. The lowest BCUT2D eigenvalue weighted by Crippen LogP contribution is -2.55. The molecule has 5 nitrogen and oxygen atoms in total. The molecule has 1 saturated carbocycles. The van der Waals surface area contributed by atoms with Crippen LogP contribution in [0.1, 0.15) is 26.2 Å². The molecule has 2 aliphatic rings. The molecule has 1 saturated heterocycles. The molecule has 1 aliphatic carbocycles. The van der Waals surface area contributed by atoms with Crippen LogP contribution in [0.4, 0.5) is 0 Å². The Morgan fingerprint density at radius 2 is 1.94 bits per heavy atom. The Kier molecular flexibility index (Phi) is 3.20. The van der Waals surface area contributed by atoms with Gasteiger partial charge in [0, 0.05) is 13.1 Å². The Bertz CT molecular complexity index is 412. The summed E-state index contributed by atoms with van der Waals surface area (Å²) in [5.74, 6) is 0.438. The van der Waals surface area contributed by atoms with Crippen molar-refractivity contribution in [3.8, 4) is 0 Å². The second kappa shape index (κ2) is 4.24. The molecule has 1 heterocycles. The number of amides is 1. The number of nitrogens with zero attached hydrogens (tertiary/aromatic N) is 1. The van der Waals surface area contributed by atoms with Crippen LogP contribution in [0.3, 0.4) is 0 Å². The monoisotopic (exact) mass is 260 g/mol. The van der Waals surface area contributed by atoms with E-state index in [2.05, 4.69) is 0 Å². The molecule has 2 rings (SSSR count). The maximum Gasteiger partial charge on any atom is 0.242 e. The Morgan fingerprint density at radius 1 is 1.29 bits per heavy atom. The molecule has 1 aliphatic heterocycles. The van der Waals surface area contributed by atoms with Crippen LogP contribution in [0, 0.1) is 5.92 Å². The van der Waals surface area contributed by atoms with Crippen LogP contribution in [0.15, 0.2) is 0 Å². The number of carbonyl (C=O) groups excluding carboxylic acids is 1. The predicted molar refractivity (Wildman–Crippen MR) is 65.2 cm³/mol. The van der Waals surface area contributed by atoms with Gasteiger partial charge in [0.1, 0.15) is 0 Å². The predicted octanol–water partition coefficient (Wildman–Crippen LogP) is -0.239. The van der Waals surface area contributed by atoms with Crippen molar-refractivity contribution in [2.45, 2.75) is 31.7 Å². The molecular weight excluding hydrogens is 240 g/mol. The smallest absolute Gasteiger partial charge is 0.242 e. The van der Waals surface area contributed by atoms with Crippen molar-refractivity contribution >= 4 is 15.7 Å². The van der Waals surface area contributed by atoms with Gasteiger partial charge >= 0.3 is 0 Å². The largest absolute Gasteiger partial charge is 0.340 e. The molecule has 0 aromatic carbocycles. The van der Waals surface area contributed by atoms with Crippen LogP contribution >= 0.6 is 0 Å². The first-order valence-corrected chi connectivity index (χ1v) is 7.94. The molecule has 2 N–H and O–H groups in total. The summed E-state index contributed by atoms with van der Waals surface area (Å²) in [6.07, 6.45) is 2.53. The number of hydrogen-bond donors (Lipinski definition) is 1. The van der Waals surface area contributed by atoms with E-state index in [-0.39, 0.29) is 23.3 Å². The summed E-state index contributed by atoms with van der Waals surface area (Å²) in [7, 11) is -2.97. The van der Waals surface area contributed by atoms with E-state index in [4.69, 9.17) is 5.73 Å². The van der Waals surface area contributed by atoms with E-state index in [1.54, 1.807) is 11.8 Å². The number of hydrogen-bond acceptors (Lipinski definition) is 4. The van der Waals surface area contributed by atoms with Crippen LogP contribution in [-0.2, 0) is 14.6 Å². The third kappa shape index (κ3) is 2.80. The van der Waals surface area contributed by atoms with Gasteiger partial charge in [-0.1, -0.05) is 0 Å². The first-order valence-electron chi connectivity index (χ1n) is 6.11. The molecule has 0 bridgehead atoms. The molecule has 0 spiro atoms. The quantitative estimate of drug-likeness (QED) is 0.743. The van der Waals surface area contributed by atoms with Gasteiger partial charge < -0.3 is 10.6 Å². The number of rotatable bonds is 2. The summed E-state index contributed by atoms with van der Waals surface area (Å²) >= 11 is 0. The van der Waals surface area contributed by atoms with Crippen molar-refractivity contribution in [2.75, 3.05) is 24.6 Å². The summed E-state index contributed by atoms with van der Waals surface area (Å²) in [5.41, 5.74) is 5.26. The van der Waals surface area contributed by atoms with Crippen LogP contribution in [-0.4, -0.2) is 49.4 Å². The molecule has 17 heavy (non-hydrogen) atoms. The van der Waals surface area contributed by atoms with Gasteiger partial charge in [-0.05, 0) is 32.1 Å². The normalized spacial score (nSPS) is 28.2. The summed E-state index contributed by atoms with van der Waals surface area (Å²) < 4.78 is 22.9. The Morgan fingerprint density at radius 3 is 2.53 bits per heavy atom. The molecule has 2 fully saturated rings. The standard InChI is InChI=1S/C11H20N2O3S/c1-11(12,9-3-4-9)10(14)13-5-2-7-17(15,16)8-6-13/h9H,2-8,12H2,1H3. The first kappa shape index (κ1) is 12.8. The molecule has 0 radical (unpaired) electrons. The SMILES string of the molecule is CC(N)(C(=O)N1CCCS(=O)(=O)CC1)C1CC1. The first-order chi connectivity index (χ1) is 7.83. The van der Waals surface area contributed by atoms with Gasteiger partial charge in [-0.25, -0.2) is 8.42 Å². The van der Waals surface area contributed by atoms with E-state index < -0.39 is 15.4 Å². The lowest BCUT2D eigenvalue weighted by Gasteiger charge is -2.30. The Balaban J connectivity index is 2.05. The highest BCUT2D eigenvalue weighted by Crippen LogP contribution is 2.39. The van der Waals surface area contributed by atoms with Gasteiger partial charge in [0.05, 0.1) is 17.0 Å². The van der Waals surface area contributed by atoms with E-state index in [1.165, 1.54) is 0 Å². The van der Waals surface area contributed by atoms with E-state index >= 15 is 0 Å². The Hall–Kier alpha value is -0.620. The zero-order chi connectivity index (χ0) is 12.7. The third-order valence-corrected chi connectivity index (χ3v) is 5.44. The zero-order valence-electron chi connectivity index (χ0n) is 10.2. The van der Waals surface area contributed by atoms with Crippen LogP contribution in [0.25, 0.3) is 0 Å². The van der Waals surface area contributed by atoms with Gasteiger partial charge in [0.15, 0.2) is 9.84 Å². The second-order valence-electron chi connectivity index (χ2n) is 5.35. The molecular formula is C11H20N2O3S. The van der Waals surface area contributed by atoms with Gasteiger partial charge in [0.25, 0.3) is 0 Å². The highest BCUT2D eigenvalue weighted by atomic mass is 32.2. The van der Waals surface area contributed by atoms with E-state index in [9.17, 15) is 13.2 Å². The van der Waals surface area contributed by atoms with Gasteiger partial charge in [-0.15, -0.1) is 0 Å². The third-order valence-electron chi connectivity index (χ3n) is 3.73. The fraction of sp³-hybridized carbons (Fsp3) is 0.909. The minimum atomic E-state index is -2.97. The molecule has 1 unspecified atom stereocenters. The van der Waals surface area contributed by atoms with Crippen LogP contribution < -0.4 is 5.73 Å². The minimum absolute atomic E-state index is 0.0689.